The minimum atomic E-state index is -1.04. The molecule has 2 aliphatic carbocycles. The standard InChI is InChI=1S/C14H24N2O3/c1-13(2)8-4-5-14(3,7-8)12(13)16-11(19)9(15)6-10(17)18/h8-9,12H,4-7,15H2,1-3H3,(H,16,19)(H,17,18). The predicted molar refractivity (Wildman–Crippen MR) is 71.4 cm³/mol. The molecule has 0 aliphatic heterocycles. The summed E-state index contributed by atoms with van der Waals surface area (Å²) in [6, 6.07) is -0.873. The molecule has 0 radical (unpaired) electrons. The van der Waals surface area contributed by atoms with E-state index in [1.165, 1.54) is 6.42 Å². The van der Waals surface area contributed by atoms with Crippen LogP contribution in [-0.2, 0) is 9.59 Å². The van der Waals surface area contributed by atoms with E-state index in [0.29, 0.717) is 5.92 Å². The number of carboxylic acids is 1. The number of nitrogens with one attached hydrogen (secondary N) is 1. The van der Waals surface area contributed by atoms with Gasteiger partial charge in [0.2, 0.25) is 5.91 Å². The maximum atomic E-state index is 12.0. The quantitative estimate of drug-likeness (QED) is 0.712. The summed E-state index contributed by atoms with van der Waals surface area (Å²) in [5, 5.41) is 11.7. The van der Waals surface area contributed by atoms with Crippen molar-refractivity contribution >= 4 is 11.9 Å². The second-order valence-corrected chi connectivity index (χ2v) is 7.06. The third kappa shape index (κ3) is 2.36. The van der Waals surface area contributed by atoms with Crippen molar-refractivity contribution in [3.63, 3.8) is 0 Å². The van der Waals surface area contributed by atoms with Gasteiger partial charge in [0.15, 0.2) is 0 Å². The molecule has 0 heterocycles. The Morgan fingerprint density at radius 3 is 2.53 bits per heavy atom. The molecule has 2 fully saturated rings. The van der Waals surface area contributed by atoms with Gasteiger partial charge in [-0.1, -0.05) is 20.8 Å². The van der Waals surface area contributed by atoms with Crippen LogP contribution in [0.2, 0.25) is 0 Å². The number of fused-ring (bicyclic) bond motifs is 2. The fourth-order valence-electron chi connectivity index (χ4n) is 4.19. The molecule has 5 heteroatoms. The molecule has 4 unspecified atom stereocenters. The number of carbonyl (C=O) groups is 2. The summed E-state index contributed by atoms with van der Waals surface area (Å²) in [6.07, 6.45) is 3.16. The molecule has 108 valence electrons. The van der Waals surface area contributed by atoms with Gasteiger partial charge in [-0.25, -0.2) is 0 Å². The Balaban J connectivity index is 2.06. The Bertz CT molecular complexity index is 403. The Labute approximate surface area is 113 Å². The van der Waals surface area contributed by atoms with Gasteiger partial charge in [0.1, 0.15) is 0 Å². The molecule has 0 saturated heterocycles. The third-order valence-electron chi connectivity index (χ3n) is 5.29. The van der Waals surface area contributed by atoms with Crippen molar-refractivity contribution in [1.82, 2.24) is 5.32 Å². The first kappa shape index (κ1) is 14.3. The van der Waals surface area contributed by atoms with Crippen molar-refractivity contribution in [2.24, 2.45) is 22.5 Å². The largest absolute Gasteiger partial charge is 0.481 e. The smallest absolute Gasteiger partial charge is 0.305 e. The molecule has 2 aliphatic rings. The summed E-state index contributed by atoms with van der Waals surface area (Å²) in [5.74, 6) is -0.742. The summed E-state index contributed by atoms with van der Waals surface area (Å²) in [4.78, 5) is 22.7. The van der Waals surface area contributed by atoms with Gasteiger partial charge in [-0.3, -0.25) is 9.59 Å². The predicted octanol–water partition coefficient (Wildman–Crippen LogP) is 1.12. The van der Waals surface area contributed by atoms with Crippen molar-refractivity contribution in [3.05, 3.63) is 0 Å². The highest BCUT2D eigenvalue weighted by atomic mass is 16.4. The Morgan fingerprint density at radius 2 is 2.05 bits per heavy atom. The van der Waals surface area contributed by atoms with E-state index >= 15 is 0 Å². The van der Waals surface area contributed by atoms with Gasteiger partial charge < -0.3 is 16.2 Å². The van der Waals surface area contributed by atoms with E-state index < -0.39 is 12.0 Å². The minimum absolute atomic E-state index is 0.0611. The zero-order chi connectivity index (χ0) is 14.4. The molecule has 19 heavy (non-hydrogen) atoms. The lowest BCUT2D eigenvalue weighted by molar-refractivity contribution is -0.139. The second-order valence-electron chi connectivity index (χ2n) is 7.06. The molecule has 4 atom stereocenters. The van der Waals surface area contributed by atoms with Crippen molar-refractivity contribution < 1.29 is 14.7 Å². The highest BCUT2D eigenvalue weighted by molar-refractivity contribution is 5.86. The van der Waals surface area contributed by atoms with Gasteiger partial charge in [0.05, 0.1) is 12.5 Å². The average Bonchev–Trinajstić information content (AvgIpc) is 2.74. The van der Waals surface area contributed by atoms with Crippen LogP contribution in [0, 0.1) is 16.7 Å². The zero-order valence-electron chi connectivity index (χ0n) is 11.9. The number of amides is 1. The maximum absolute atomic E-state index is 12.0. The number of carboxylic acid groups (broad SMARTS) is 1. The van der Waals surface area contributed by atoms with E-state index in [0.717, 1.165) is 12.8 Å². The topological polar surface area (TPSA) is 92.4 Å². The number of rotatable bonds is 4. The van der Waals surface area contributed by atoms with Crippen LogP contribution in [0.5, 0.6) is 0 Å². The lowest BCUT2D eigenvalue weighted by Crippen LogP contribution is -2.56. The minimum Gasteiger partial charge on any atom is -0.481 e. The summed E-state index contributed by atoms with van der Waals surface area (Å²) in [7, 11) is 0. The van der Waals surface area contributed by atoms with Crippen LogP contribution in [0.3, 0.4) is 0 Å². The van der Waals surface area contributed by atoms with Crippen molar-refractivity contribution in [2.45, 2.75) is 58.5 Å². The first-order valence-corrected chi connectivity index (χ1v) is 6.94. The van der Waals surface area contributed by atoms with E-state index in [1.54, 1.807) is 0 Å². The normalized spacial score (nSPS) is 37.1. The first-order valence-electron chi connectivity index (χ1n) is 6.94. The molecular weight excluding hydrogens is 244 g/mol. The Hall–Kier alpha value is -1.10. The molecule has 0 aromatic carbocycles. The number of aliphatic carboxylic acids is 1. The lowest BCUT2D eigenvalue weighted by atomic mass is 9.68. The van der Waals surface area contributed by atoms with Crippen LogP contribution in [0.15, 0.2) is 0 Å². The van der Waals surface area contributed by atoms with E-state index in [4.69, 9.17) is 10.8 Å². The second kappa shape index (κ2) is 4.47. The average molecular weight is 268 g/mol. The van der Waals surface area contributed by atoms with Crippen LogP contribution in [0.4, 0.5) is 0 Å². The molecule has 0 spiro atoms. The van der Waals surface area contributed by atoms with Gasteiger partial charge >= 0.3 is 5.97 Å². The summed E-state index contributed by atoms with van der Waals surface area (Å²) in [5.41, 5.74) is 5.83. The summed E-state index contributed by atoms with van der Waals surface area (Å²) >= 11 is 0. The van der Waals surface area contributed by atoms with Gasteiger partial charge in [0.25, 0.3) is 0 Å². The van der Waals surface area contributed by atoms with E-state index in [9.17, 15) is 9.59 Å². The highest BCUT2D eigenvalue weighted by Crippen LogP contribution is 2.62. The number of hydrogen-bond donors (Lipinski definition) is 3. The molecule has 4 N–H and O–H groups in total. The van der Waals surface area contributed by atoms with Crippen LogP contribution < -0.4 is 11.1 Å². The van der Waals surface area contributed by atoms with Gasteiger partial charge in [-0.2, -0.15) is 0 Å². The molecule has 1 amide bonds. The first-order chi connectivity index (χ1) is 8.67. The fourth-order valence-corrected chi connectivity index (χ4v) is 4.19. The van der Waals surface area contributed by atoms with Crippen molar-refractivity contribution in [1.29, 1.82) is 0 Å². The SMILES string of the molecule is CC12CCC(C1)C(C)(C)C2NC(=O)C(N)CC(=O)O. The van der Waals surface area contributed by atoms with Gasteiger partial charge in [-0.05, 0) is 36.0 Å². The highest BCUT2D eigenvalue weighted by Gasteiger charge is 2.59. The molecular formula is C14H24N2O3. The lowest BCUT2D eigenvalue weighted by Gasteiger charge is -2.43. The van der Waals surface area contributed by atoms with E-state index in [-0.39, 0.29) is 29.2 Å². The van der Waals surface area contributed by atoms with Crippen LogP contribution in [0.1, 0.15) is 46.5 Å². The molecule has 2 saturated carbocycles. The van der Waals surface area contributed by atoms with E-state index in [2.05, 4.69) is 26.1 Å². The summed E-state index contributed by atoms with van der Waals surface area (Å²) in [6.45, 7) is 6.60. The molecule has 2 bridgehead atoms. The van der Waals surface area contributed by atoms with E-state index in [1.807, 2.05) is 0 Å². The monoisotopic (exact) mass is 268 g/mol. The maximum Gasteiger partial charge on any atom is 0.305 e. The van der Waals surface area contributed by atoms with Crippen LogP contribution >= 0.6 is 0 Å². The van der Waals surface area contributed by atoms with Gasteiger partial charge in [0, 0.05) is 6.04 Å². The number of nitrogens with two attached hydrogens (primary N) is 1. The molecule has 0 aromatic heterocycles. The number of carbonyl (C=O) groups excluding carboxylic acids is 1. The summed E-state index contributed by atoms with van der Waals surface area (Å²) < 4.78 is 0. The molecule has 5 nitrogen and oxygen atoms in total. The molecule has 2 rings (SSSR count). The van der Waals surface area contributed by atoms with Gasteiger partial charge in [-0.15, -0.1) is 0 Å². The number of hydrogen-bond acceptors (Lipinski definition) is 3. The Kier molecular flexibility index (Phi) is 3.37. The Morgan fingerprint density at radius 1 is 1.42 bits per heavy atom. The van der Waals surface area contributed by atoms with Crippen molar-refractivity contribution in [2.75, 3.05) is 0 Å². The molecule has 0 aromatic rings. The third-order valence-corrected chi connectivity index (χ3v) is 5.29. The zero-order valence-corrected chi connectivity index (χ0v) is 11.9. The van der Waals surface area contributed by atoms with Crippen LogP contribution in [-0.4, -0.2) is 29.1 Å². The van der Waals surface area contributed by atoms with Crippen LogP contribution in [0.25, 0.3) is 0 Å². The van der Waals surface area contributed by atoms with Crippen molar-refractivity contribution in [3.8, 4) is 0 Å². The fraction of sp³-hybridized carbons (Fsp3) is 0.857.